The monoisotopic (exact) mass is 1510 g/mol. The van der Waals surface area contributed by atoms with Gasteiger partial charge in [0.1, 0.15) is 66.1 Å². The number of carbonyl (C=O) groups is 9. The lowest BCUT2D eigenvalue weighted by molar-refractivity contribution is -0.282. The average Bonchev–Trinajstić information content (AvgIpc) is 0.823. The number of hydrogen-bond donors (Lipinski definition) is 15. The lowest BCUT2D eigenvalue weighted by Crippen LogP contribution is -2.64. The van der Waals surface area contributed by atoms with Crippen LogP contribution in [0.15, 0.2) is 0 Å². The van der Waals surface area contributed by atoms with Gasteiger partial charge in [0.25, 0.3) is 0 Å². The van der Waals surface area contributed by atoms with Crippen molar-refractivity contribution in [1.29, 1.82) is 0 Å². The molecular weight excluding hydrogens is 1370 g/mol. The number of rotatable bonds is 57. The Labute approximate surface area is 620 Å². The number of unbranched alkanes of at least 4 members (excludes halogenated alkanes) is 9. The van der Waals surface area contributed by atoms with Crippen LogP contribution in [0.5, 0.6) is 0 Å². The number of methoxy groups -OCH3 is 1. The predicted molar refractivity (Wildman–Crippen MR) is 385 cm³/mol. The molecule has 3 fully saturated rings. The minimum absolute atomic E-state index is 0.000279. The number of nitrogens with one attached hydrogen (secondary N) is 6. The number of ketones is 3. The molecule has 6 amide bonds. The van der Waals surface area contributed by atoms with Crippen molar-refractivity contribution in [3.63, 3.8) is 0 Å². The van der Waals surface area contributed by atoms with Crippen LogP contribution < -0.4 is 31.9 Å². The van der Waals surface area contributed by atoms with Gasteiger partial charge >= 0.3 is 0 Å². The zero-order valence-electron chi connectivity index (χ0n) is 63.6. The fourth-order valence-electron chi connectivity index (χ4n) is 12.0. The van der Waals surface area contributed by atoms with Gasteiger partial charge in [0.05, 0.1) is 57.8 Å². The molecule has 3 heterocycles. The number of aliphatic hydroxyl groups excluding tert-OH is 9. The smallest absolute Gasteiger partial charge is 0.234 e. The lowest BCUT2D eigenvalue weighted by Gasteiger charge is -2.42. The molecule has 8 unspecified atom stereocenters. The van der Waals surface area contributed by atoms with E-state index in [9.17, 15) is 89.1 Å². The van der Waals surface area contributed by atoms with Gasteiger partial charge in [-0.3, -0.25) is 48.1 Å². The van der Waals surface area contributed by atoms with Crippen molar-refractivity contribution in [1.82, 2.24) is 36.8 Å². The van der Waals surface area contributed by atoms with Gasteiger partial charge in [-0.1, -0.05) is 53.9 Å². The molecule has 0 aromatic heterocycles. The Bertz CT molecular complexity index is 2430. The van der Waals surface area contributed by atoms with E-state index < -0.39 is 129 Å². The van der Waals surface area contributed by atoms with Crippen LogP contribution in [0, 0.1) is 17.8 Å². The van der Waals surface area contributed by atoms with Crippen LogP contribution in [-0.2, 0) is 76.3 Å². The molecule has 15 N–H and O–H groups in total. The summed E-state index contributed by atoms with van der Waals surface area (Å²) in [7, 11) is 1.51. The van der Waals surface area contributed by atoms with E-state index in [-0.39, 0.29) is 158 Å². The summed E-state index contributed by atoms with van der Waals surface area (Å²) in [6.07, 6.45) is -2.98. The van der Waals surface area contributed by atoms with E-state index in [1.54, 1.807) is 18.7 Å². The molecule has 16 atom stereocenters. The first-order chi connectivity index (χ1) is 50.2. The Morgan fingerprint density at radius 2 is 0.771 bits per heavy atom. The molecule has 32 nitrogen and oxygen atoms in total. The summed E-state index contributed by atoms with van der Waals surface area (Å²) in [5, 5.41) is 107. The van der Waals surface area contributed by atoms with Gasteiger partial charge in [-0.25, -0.2) is 0 Å². The highest BCUT2D eigenvalue weighted by atomic mass is 16.7. The number of amides is 6. The van der Waals surface area contributed by atoms with E-state index in [1.165, 1.54) is 14.0 Å². The number of ether oxygens (including phenoxy) is 7. The number of Topliss-reactive ketones (excluding diaryl/α,β-unsaturated/α-hetero) is 3. The van der Waals surface area contributed by atoms with E-state index in [2.05, 4.69) is 52.7 Å². The molecule has 0 aromatic carbocycles. The molecule has 0 radical (unpaired) electrons. The first-order valence-corrected chi connectivity index (χ1v) is 38.3. The number of carbonyl (C=O) groups excluding carboxylic acids is 9. The number of aliphatic hydroxyl groups is 9. The second-order valence-corrected chi connectivity index (χ2v) is 28.4. The first-order valence-electron chi connectivity index (χ1n) is 38.3. The van der Waals surface area contributed by atoms with Crippen molar-refractivity contribution < 1.29 is 122 Å². The topological polar surface area (TPSA) is 476 Å². The molecule has 0 bridgehead atoms. The molecule has 3 saturated heterocycles. The molecule has 3 rings (SSSR count). The normalized spacial score (nSPS) is 24.8. The Morgan fingerprint density at radius 3 is 1.21 bits per heavy atom. The van der Waals surface area contributed by atoms with Crippen molar-refractivity contribution in [2.75, 3.05) is 99.2 Å². The largest absolute Gasteiger partial charge is 0.394 e. The third kappa shape index (κ3) is 41.5. The molecule has 0 saturated carbocycles. The van der Waals surface area contributed by atoms with E-state index in [0.29, 0.717) is 122 Å². The van der Waals surface area contributed by atoms with E-state index >= 15 is 0 Å². The van der Waals surface area contributed by atoms with Gasteiger partial charge in [-0.05, 0) is 102 Å². The van der Waals surface area contributed by atoms with Crippen molar-refractivity contribution in [3.8, 4) is 0 Å². The van der Waals surface area contributed by atoms with E-state index in [4.69, 9.17) is 33.2 Å². The fourth-order valence-corrected chi connectivity index (χ4v) is 12.0. The van der Waals surface area contributed by atoms with Gasteiger partial charge < -0.3 is 111 Å². The van der Waals surface area contributed by atoms with Crippen LogP contribution in [-0.4, -0.2) is 289 Å². The third-order valence-electron chi connectivity index (χ3n) is 18.2. The van der Waals surface area contributed by atoms with Crippen LogP contribution in [0.2, 0.25) is 0 Å². The Balaban J connectivity index is 0.00000911. The van der Waals surface area contributed by atoms with Gasteiger partial charge in [-0.2, -0.15) is 0 Å². The first kappa shape index (κ1) is 96.2. The highest BCUT2D eigenvalue weighted by Crippen LogP contribution is 2.29. The highest BCUT2D eigenvalue weighted by molar-refractivity contribution is 5.88. The van der Waals surface area contributed by atoms with Crippen LogP contribution in [0.25, 0.3) is 0 Å². The van der Waals surface area contributed by atoms with E-state index in [1.807, 2.05) is 0 Å². The molecule has 32 heteroatoms. The molecule has 3 aliphatic heterocycles. The Morgan fingerprint density at radius 1 is 0.400 bits per heavy atom. The van der Waals surface area contributed by atoms with Crippen molar-refractivity contribution >= 4 is 52.8 Å². The molecule has 0 spiro atoms. The average molecular weight is 1510 g/mol. The maximum absolute atomic E-state index is 14.4. The number of hydrogen-bond acceptors (Lipinski definition) is 26. The fraction of sp³-hybridized carbons (Fsp3) is 0.877. The second-order valence-electron chi connectivity index (χ2n) is 28.4. The van der Waals surface area contributed by atoms with E-state index in [0.717, 1.165) is 5.92 Å². The van der Waals surface area contributed by atoms with Gasteiger partial charge in [-0.15, -0.1) is 0 Å². The summed E-state index contributed by atoms with van der Waals surface area (Å²) in [6.45, 7) is 11.3. The maximum Gasteiger partial charge on any atom is 0.234 e. The Kier molecular flexibility index (Phi) is 52.5. The molecule has 105 heavy (non-hydrogen) atoms. The summed E-state index contributed by atoms with van der Waals surface area (Å²) in [5.41, 5.74) is 0. The van der Waals surface area contributed by atoms with Crippen LogP contribution in [0.4, 0.5) is 0 Å². The minimum Gasteiger partial charge on any atom is -0.394 e. The SMILES string of the molecule is CC(C)C.COCCC(=O)CCCC(=O)NCCCCC(C(=O)CCCCNC(=O)CCCCCO[C@@H]1OC(CO)[C@H](O)[C@H](O)C1C)N(CC(=O)CCCCNC(=O)CCCCCO[C@@H]1OC(CO)C(O)[C@H](O)C1NC(C)=O)CC(=O)NCCCNC(=O)CCCCCO[C@@H]1OC(CO)[C@H](O)[C@H](O)C1C. The summed E-state index contributed by atoms with van der Waals surface area (Å²) in [4.78, 5) is 119. The summed E-state index contributed by atoms with van der Waals surface area (Å²) < 4.78 is 39.1. The van der Waals surface area contributed by atoms with Crippen molar-refractivity contribution in [3.05, 3.63) is 0 Å². The summed E-state index contributed by atoms with van der Waals surface area (Å²) in [5.74, 6) is -2.36. The standard InChI is InChI=1S/C69H123N7O25.C4H10/c1-45-61(89)63(91)52(42-77)99-67(45)96-36-17-5-8-26-56(85)71-33-16-13-25-51(83)50(24-12-15-32-72-58(87)29-20-23-48(81)30-39-95-4)76(41-59(88)74-35-21-34-73-57(86)28-9-6-18-37-97-68-46(2)62(90)64(92)53(43-78)100-68)40-49(82)22-11-14-31-70-55(84)27-10-7-19-38-98-69-60(75-47(3)80)66(94)65(93)54(44-79)101-69;1-4(2)3/h45-46,50,52-54,60-69,77-79,89-94H,5-44H2,1-4H3,(H,70,84)(H,71,85)(H,72,87)(H,73,86)(H,74,88)(H,75,80);4H,1-3H3/t45?,46?,50?,52?,53?,54?,60?,61-,62-,63+,64+,65?,66-,67-,68-,69-;/m1./s1. The zero-order valence-corrected chi connectivity index (χ0v) is 63.6. The number of nitrogens with zero attached hydrogens (tertiary/aromatic N) is 1. The zero-order chi connectivity index (χ0) is 78.1. The van der Waals surface area contributed by atoms with Crippen LogP contribution in [0.1, 0.15) is 208 Å². The van der Waals surface area contributed by atoms with Crippen LogP contribution >= 0.6 is 0 Å². The molecule has 0 aliphatic carbocycles. The quantitative estimate of drug-likeness (QED) is 0.0370. The summed E-state index contributed by atoms with van der Waals surface area (Å²) >= 11 is 0. The predicted octanol–water partition coefficient (Wildman–Crippen LogP) is 0.540. The molecule has 0 aromatic rings. The third-order valence-corrected chi connectivity index (χ3v) is 18.2. The van der Waals surface area contributed by atoms with Crippen molar-refractivity contribution in [2.45, 2.75) is 294 Å². The molecule has 3 aliphatic rings. The minimum atomic E-state index is -1.44. The molecule has 610 valence electrons. The van der Waals surface area contributed by atoms with Crippen LogP contribution in [0.3, 0.4) is 0 Å². The van der Waals surface area contributed by atoms with Crippen molar-refractivity contribution in [2.24, 2.45) is 17.8 Å². The molecular formula is C73H133N7O25. The highest BCUT2D eigenvalue weighted by Gasteiger charge is 2.46. The van der Waals surface area contributed by atoms with Gasteiger partial charge in [0.15, 0.2) is 18.9 Å². The van der Waals surface area contributed by atoms with Gasteiger partial charge in [0.2, 0.25) is 35.4 Å². The summed E-state index contributed by atoms with van der Waals surface area (Å²) in [6, 6.07) is -1.96. The lowest BCUT2D eigenvalue weighted by atomic mass is 9.92. The second kappa shape index (κ2) is 57.3. The maximum atomic E-state index is 14.4. The Hall–Kier alpha value is -4.85. The van der Waals surface area contributed by atoms with Gasteiger partial charge in [0, 0.05) is 130 Å².